The molecule has 1 aromatic rings. The highest BCUT2D eigenvalue weighted by atomic mass is 35.5. The van der Waals surface area contributed by atoms with Crippen LogP contribution in [0.1, 0.15) is 21.5 Å². The lowest BCUT2D eigenvalue weighted by atomic mass is 10.0. The van der Waals surface area contributed by atoms with Gasteiger partial charge in [0.15, 0.2) is 0 Å². The van der Waals surface area contributed by atoms with E-state index in [0.29, 0.717) is 5.56 Å². The number of carbonyl (C=O) groups is 1. The molecular formula is C9H5ClN2O3. The van der Waals surface area contributed by atoms with Crippen molar-refractivity contribution in [1.82, 2.24) is 0 Å². The summed E-state index contributed by atoms with van der Waals surface area (Å²) in [5.74, 6) is 0. The van der Waals surface area contributed by atoms with Gasteiger partial charge in [0.05, 0.1) is 4.92 Å². The maximum absolute atomic E-state index is 10.9. The molecule has 0 fully saturated rings. The molecule has 0 saturated heterocycles. The summed E-state index contributed by atoms with van der Waals surface area (Å²) in [6.45, 7) is 1.52. The van der Waals surface area contributed by atoms with Crippen molar-refractivity contribution < 1.29 is 9.72 Å². The first-order valence-electron chi connectivity index (χ1n) is 3.86. The van der Waals surface area contributed by atoms with Crippen LogP contribution in [0, 0.1) is 28.4 Å². The number of nitriles is 1. The Morgan fingerprint density at radius 1 is 1.60 bits per heavy atom. The number of hydrogen-bond donors (Lipinski definition) is 0. The summed E-state index contributed by atoms with van der Waals surface area (Å²) < 4.78 is 0. The van der Waals surface area contributed by atoms with Gasteiger partial charge >= 0.3 is 0 Å². The fourth-order valence-electron chi connectivity index (χ4n) is 1.15. The number of nitro benzene ring substituents is 1. The molecule has 0 spiro atoms. The van der Waals surface area contributed by atoms with Crippen LogP contribution in [-0.2, 0) is 0 Å². The Balaban J connectivity index is 3.51. The molecule has 1 rings (SSSR count). The third kappa shape index (κ3) is 2.11. The first kappa shape index (κ1) is 11.1. The number of halogens is 1. The number of nitrogens with zero attached hydrogens (tertiary/aromatic N) is 2. The van der Waals surface area contributed by atoms with Crippen molar-refractivity contribution in [3.05, 3.63) is 38.9 Å². The highest BCUT2D eigenvalue weighted by molar-refractivity contribution is 6.67. The minimum absolute atomic E-state index is 0.110. The first-order valence-corrected chi connectivity index (χ1v) is 4.24. The van der Waals surface area contributed by atoms with Gasteiger partial charge in [-0.1, -0.05) is 0 Å². The Kier molecular flexibility index (Phi) is 3.02. The van der Waals surface area contributed by atoms with Gasteiger partial charge < -0.3 is 0 Å². The van der Waals surface area contributed by atoms with Crippen LogP contribution in [0.2, 0.25) is 0 Å². The molecule has 0 unspecified atom stereocenters. The Bertz CT molecular complexity index is 491. The third-order valence-corrected chi connectivity index (χ3v) is 2.08. The standard InChI is InChI=1S/C9H5ClN2O3/c1-5-2-8(12(14)15)6(4-11)3-7(5)9(10)13/h2-3H,1H3. The van der Waals surface area contributed by atoms with Gasteiger partial charge in [0, 0.05) is 11.6 Å². The second kappa shape index (κ2) is 4.07. The molecule has 76 valence electrons. The van der Waals surface area contributed by atoms with E-state index in [1.54, 1.807) is 6.07 Å². The third-order valence-electron chi connectivity index (χ3n) is 1.87. The van der Waals surface area contributed by atoms with Gasteiger partial charge in [-0.15, -0.1) is 0 Å². The van der Waals surface area contributed by atoms with E-state index in [9.17, 15) is 14.9 Å². The van der Waals surface area contributed by atoms with E-state index in [-0.39, 0.29) is 16.8 Å². The van der Waals surface area contributed by atoms with Crippen molar-refractivity contribution in [3.63, 3.8) is 0 Å². The number of nitro groups is 1. The van der Waals surface area contributed by atoms with E-state index < -0.39 is 10.2 Å². The molecule has 1 aromatic carbocycles. The van der Waals surface area contributed by atoms with Gasteiger partial charge in [-0.05, 0) is 30.2 Å². The Morgan fingerprint density at radius 3 is 2.60 bits per heavy atom. The molecule has 0 aromatic heterocycles. The molecule has 5 nitrogen and oxygen atoms in total. The minimum Gasteiger partial charge on any atom is -0.276 e. The molecule has 15 heavy (non-hydrogen) atoms. The Hall–Kier alpha value is -1.93. The maximum Gasteiger partial charge on any atom is 0.287 e. The quantitative estimate of drug-likeness (QED) is 0.438. The lowest BCUT2D eigenvalue weighted by molar-refractivity contribution is -0.385. The first-order chi connectivity index (χ1) is 6.97. The van der Waals surface area contributed by atoms with E-state index in [2.05, 4.69) is 0 Å². The summed E-state index contributed by atoms with van der Waals surface area (Å²) in [5, 5.41) is 18.5. The van der Waals surface area contributed by atoms with E-state index in [1.807, 2.05) is 0 Å². The van der Waals surface area contributed by atoms with Crippen molar-refractivity contribution in [3.8, 4) is 6.07 Å². The molecule has 6 heteroatoms. The van der Waals surface area contributed by atoms with Gasteiger partial charge in [0.25, 0.3) is 10.9 Å². The summed E-state index contributed by atoms with van der Waals surface area (Å²) in [6, 6.07) is 3.94. The van der Waals surface area contributed by atoms with E-state index in [4.69, 9.17) is 16.9 Å². The fourth-order valence-corrected chi connectivity index (χ4v) is 1.35. The molecule has 0 radical (unpaired) electrons. The van der Waals surface area contributed by atoms with Crippen molar-refractivity contribution >= 4 is 22.5 Å². The topological polar surface area (TPSA) is 84.0 Å². The van der Waals surface area contributed by atoms with Crippen molar-refractivity contribution in [1.29, 1.82) is 5.26 Å². The molecule has 0 aliphatic rings. The molecule has 0 saturated carbocycles. The molecule has 0 amide bonds. The van der Waals surface area contributed by atoms with Crippen LogP contribution in [0.15, 0.2) is 12.1 Å². The average Bonchev–Trinajstić information content (AvgIpc) is 2.16. The second-order valence-electron chi connectivity index (χ2n) is 2.83. The average molecular weight is 225 g/mol. The number of rotatable bonds is 2. The van der Waals surface area contributed by atoms with Crippen LogP contribution < -0.4 is 0 Å². The summed E-state index contributed by atoms with van der Waals surface area (Å²) in [5.41, 5.74) is -0.00853. The van der Waals surface area contributed by atoms with Crippen LogP contribution in [0.25, 0.3) is 0 Å². The molecule has 0 aliphatic carbocycles. The molecule has 0 heterocycles. The van der Waals surface area contributed by atoms with E-state index in [1.165, 1.54) is 6.92 Å². The zero-order chi connectivity index (χ0) is 11.6. The maximum atomic E-state index is 10.9. The van der Waals surface area contributed by atoms with Gasteiger partial charge in [-0.25, -0.2) is 0 Å². The SMILES string of the molecule is Cc1cc([N+](=O)[O-])c(C#N)cc1C(=O)Cl. The number of aryl methyl sites for hydroxylation is 1. The van der Waals surface area contributed by atoms with Crippen LogP contribution in [0.4, 0.5) is 5.69 Å². The van der Waals surface area contributed by atoms with Gasteiger partial charge in [-0.3, -0.25) is 14.9 Å². The summed E-state index contributed by atoms with van der Waals surface area (Å²) in [4.78, 5) is 20.8. The van der Waals surface area contributed by atoms with Gasteiger partial charge in [-0.2, -0.15) is 5.26 Å². The number of carbonyl (C=O) groups excluding carboxylic acids is 1. The monoisotopic (exact) mass is 224 g/mol. The number of benzene rings is 1. The summed E-state index contributed by atoms with van der Waals surface area (Å²) in [6.07, 6.45) is 0. The summed E-state index contributed by atoms with van der Waals surface area (Å²) >= 11 is 5.25. The molecule has 0 bridgehead atoms. The van der Waals surface area contributed by atoms with Gasteiger partial charge in [0.1, 0.15) is 11.6 Å². The lowest BCUT2D eigenvalue weighted by Gasteiger charge is -2.01. The van der Waals surface area contributed by atoms with E-state index in [0.717, 1.165) is 12.1 Å². The van der Waals surface area contributed by atoms with Gasteiger partial charge in [0.2, 0.25) is 0 Å². The van der Waals surface area contributed by atoms with E-state index >= 15 is 0 Å². The molecule has 0 aliphatic heterocycles. The Labute approximate surface area is 90.0 Å². The Morgan fingerprint density at radius 2 is 2.20 bits per heavy atom. The zero-order valence-corrected chi connectivity index (χ0v) is 8.41. The largest absolute Gasteiger partial charge is 0.287 e. The highest BCUT2D eigenvalue weighted by Gasteiger charge is 2.18. The summed E-state index contributed by atoms with van der Waals surface area (Å²) in [7, 11) is 0. The van der Waals surface area contributed by atoms with Crippen molar-refractivity contribution in [2.45, 2.75) is 6.92 Å². The molecule has 0 N–H and O–H groups in total. The molecule has 0 atom stereocenters. The van der Waals surface area contributed by atoms with Crippen LogP contribution >= 0.6 is 11.6 Å². The molecular weight excluding hydrogens is 220 g/mol. The predicted molar refractivity (Wildman–Crippen MR) is 52.7 cm³/mol. The smallest absolute Gasteiger partial charge is 0.276 e. The fraction of sp³-hybridized carbons (Fsp3) is 0.111. The predicted octanol–water partition coefficient (Wildman–Crippen LogP) is 2.15. The van der Waals surface area contributed by atoms with Crippen molar-refractivity contribution in [2.75, 3.05) is 0 Å². The van der Waals surface area contributed by atoms with Crippen LogP contribution in [0.3, 0.4) is 0 Å². The number of hydrogen-bond acceptors (Lipinski definition) is 4. The normalized spacial score (nSPS) is 9.40. The van der Waals surface area contributed by atoms with Crippen LogP contribution in [-0.4, -0.2) is 10.2 Å². The second-order valence-corrected chi connectivity index (χ2v) is 3.17. The lowest BCUT2D eigenvalue weighted by Crippen LogP contribution is -1.99. The zero-order valence-electron chi connectivity index (χ0n) is 7.65. The van der Waals surface area contributed by atoms with Crippen molar-refractivity contribution in [2.24, 2.45) is 0 Å². The minimum atomic E-state index is -0.737. The van der Waals surface area contributed by atoms with Crippen LogP contribution in [0.5, 0.6) is 0 Å². The highest BCUT2D eigenvalue weighted by Crippen LogP contribution is 2.23.